The number of anilines is 1. The van der Waals surface area contributed by atoms with Crippen LogP contribution < -0.4 is 10.4 Å². The molecule has 2 aromatic carbocycles. The van der Waals surface area contributed by atoms with Gasteiger partial charge in [0.05, 0.1) is 24.7 Å². The van der Waals surface area contributed by atoms with Crippen LogP contribution >= 0.6 is 0 Å². The molecule has 2 aromatic rings. The fourth-order valence-electron chi connectivity index (χ4n) is 4.08. The van der Waals surface area contributed by atoms with E-state index in [1.165, 1.54) is 11.1 Å². The van der Waals surface area contributed by atoms with E-state index in [0.29, 0.717) is 16.5 Å². The van der Waals surface area contributed by atoms with E-state index in [4.69, 9.17) is 0 Å². The number of hydrogen-bond donors (Lipinski definition) is 2. The van der Waals surface area contributed by atoms with E-state index in [1.54, 1.807) is 0 Å². The minimum absolute atomic E-state index is 0.403. The summed E-state index contributed by atoms with van der Waals surface area (Å²) in [7, 11) is 2.08. The van der Waals surface area contributed by atoms with Crippen molar-refractivity contribution in [3.8, 4) is 17.2 Å². The summed E-state index contributed by atoms with van der Waals surface area (Å²) < 4.78 is 0. The van der Waals surface area contributed by atoms with Crippen LogP contribution in [0.1, 0.15) is 29.5 Å². The molecule has 0 radical (unpaired) electrons. The van der Waals surface area contributed by atoms with Crippen LogP contribution in [-0.2, 0) is 6.54 Å². The summed E-state index contributed by atoms with van der Waals surface area (Å²) in [5, 5.41) is 24.8. The number of nitrogens with zero attached hydrogens (tertiary/aromatic N) is 2. The zero-order valence-corrected chi connectivity index (χ0v) is 16.2. The van der Waals surface area contributed by atoms with E-state index in [0.717, 1.165) is 55.8 Å². The SMILES string of the molecule is CN1C=Cc2cc(-c3cccc(C#N)c3)cc(NCC3CC[NH+]([O-])CC3)c2C1. The lowest BCUT2D eigenvalue weighted by atomic mass is 9.93. The first-order valence-electron chi connectivity index (χ1n) is 9.94. The average Bonchev–Trinajstić information content (AvgIpc) is 2.73. The van der Waals surface area contributed by atoms with Gasteiger partial charge in [0.2, 0.25) is 0 Å². The molecule has 2 N–H and O–H groups in total. The topological polar surface area (TPSA) is 66.6 Å². The van der Waals surface area contributed by atoms with Gasteiger partial charge >= 0.3 is 0 Å². The van der Waals surface area contributed by atoms with E-state index >= 15 is 0 Å². The molecular weight excluding hydrogens is 348 g/mol. The first-order valence-corrected chi connectivity index (χ1v) is 9.94. The van der Waals surface area contributed by atoms with Gasteiger partial charge in [-0.2, -0.15) is 5.26 Å². The Morgan fingerprint density at radius 3 is 2.82 bits per heavy atom. The second-order valence-electron chi connectivity index (χ2n) is 7.88. The molecule has 0 atom stereocenters. The molecule has 5 heteroatoms. The minimum atomic E-state index is 0.403. The van der Waals surface area contributed by atoms with E-state index in [9.17, 15) is 10.5 Å². The number of quaternary nitrogens is 1. The van der Waals surface area contributed by atoms with Gasteiger partial charge in [-0.05, 0) is 59.1 Å². The zero-order valence-electron chi connectivity index (χ0n) is 16.2. The Labute approximate surface area is 166 Å². The highest BCUT2D eigenvalue weighted by Crippen LogP contribution is 2.33. The van der Waals surface area contributed by atoms with Gasteiger partial charge in [0.25, 0.3) is 0 Å². The normalized spacial score (nSPS) is 21.1. The average molecular weight is 374 g/mol. The standard InChI is InChI=1S/C23H26N4O/c1-26-8-7-20-12-21(19-4-2-3-18(11-19)14-24)13-23(22(20)16-26)25-15-17-5-9-27(28)10-6-17/h2-4,7-8,11-13,17,25,27H,5-6,9-10,15-16H2,1H3. The molecule has 5 nitrogen and oxygen atoms in total. The van der Waals surface area contributed by atoms with Crippen LogP contribution in [-0.4, -0.2) is 31.6 Å². The molecule has 1 saturated heterocycles. The number of hydroxylamine groups is 2. The molecule has 2 heterocycles. The predicted molar refractivity (Wildman–Crippen MR) is 112 cm³/mol. The fraction of sp³-hybridized carbons (Fsp3) is 0.348. The van der Waals surface area contributed by atoms with Crippen LogP contribution in [0.15, 0.2) is 42.6 Å². The first-order chi connectivity index (χ1) is 13.6. The number of hydrogen-bond acceptors (Lipinski definition) is 4. The summed E-state index contributed by atoms with van der Waals surface area (Å²) in [5.74, 6) is 0.552. The summed E-state index contributed by atoms with van der Waals surface area (Å²) in [6, 6.07) is 14.4. The summed E-state index contributed by atoms with van der Waals surface area (Å²) in [6.45, 7) is 3.21. The van der Waals surface area contributed by atoms with Crippen molar-refractivity contribution in [3.63, 3.8) is 0 Å². The first kappa shape index (κ1) is 18.5. The molecule has 2 aliphatic heterocycles. The summed E-state index contributed by atoms with van der Waals surface area (Å²) >= 11 is 0. The predicted octanol–water partition coefficient (Wildman–Crippen LogP) is 2.85. The number of benzene rings is 2. The minimum Gasteiger partial charge on any atom is -0.634 e. The molecule has 0 saturated carbocycles. The summed E-state index contributed by atoms with van der Waals surface area (Å²) in [6.07, 6.45) is 6.23. The molecule has 0 aromatic heterocycles. The van der Waals surface area contributed by atoms with Crippen LogP contribution in [0.4, 0.5) is 5.69 Å². The molecule has 0 unspecified atom stereocenters. The molecule has 144 valence electrons. The van der Waals surface area contributed by atoms with Gasteiger partial charge in [0.15, 0.2) is 0 Å². The molecular formula is C23H26N4O. The third-order valence-corrected chi connectivity index (χ3v) is 5.77. The van der Waals surface area contributed by atoms with Crippen molar-refractivity contribution in [2.45, 2.75) is 19.4 Å². The van der Waals surface area contributed by atoms with Crippen molar-refractivity contribution in [2.24, 2.45) is 5.92 Å². The monoisotopic (exact) mass is 374 g/mol. The molecule has 2 aliphatic rings. The Kier molecular flexibility index (Phi) is 5.34. The Balaban J connectivity index is 1.64. The quantitative estimate of drug-likeness (QED) is 0.808. The molecule has 1 fully saturated rings. The fourth-order valence-corrected chi connectivity index (χ4v) is 4.08. The van der Waals surface area contributed by atoms with Crippen LogP contribution in [0.2, 0.25) is 0 Å². The third-order valence-electron chi connectivity index (χ3n) is 5.77. The van der Waals surface area contributed by atoms with Gasteiger partial charge < -0.3 is 20.5 Å². The van der Waals surface area contributed by atoms with Crippen LogP contribution in [0.25, 0.3) is 17.2 Å². The van der Waals surface area contributed by atoms with E-state index in [1.807, 2.05) is 18.2 Å². The van der Waals surface area contributed by atoms with Crippen molar-refractivity contribution < 1.29 is 5.06 Å². The van der Waals surface area contributed by atoms with Gasteiger partial charge in [-0.15, -0.1) is 0 Å². The highest BCUT2D eigenvalue weighted by molar-refractivity contribution is 5.77. The van der Waals surface area contributed by atoms with E-state index in [2.05, 4.69) is 53.8 Å². The zero-order chi connectivity index (χ0) is 19.5. The van der Waals surface area contributed by atoms with Gasteiger partial charge in [0, 0.05) is 44.2 Å². The highest BCUT2D eigenvalue weighted by atomic mass is 16.5. The molecule has 0 bridgehead atoms. The molecule has 0 amide bonds. The number of piperidine rings is 1. The van der Waals surface area contributed by atoms with Crippen LogP contribution in [0, 0.1) is 22.5 Å². The maximum absolute atomic E-state index is 11.5. The van der Waals surface area contributed by atoms with Gasteiger partial charge in [-0.1, -0.05) is 12.1 Å². The van der Waals surface area contributed by atoms with Crippen molar-refractivity contribution >= 4 is 11.8 Å². The second-order valence-corrected chi connectivity index (χ2v) is 7.88. The lowest BCUT2D eigenvalue weighted by Gasteiger charge is -2.32. The van der Waals surface area contributed by atoms with E-state index < -0.39 is 0 Å². The summed E-state index contributed by atoms with van der Waals surface area (Å²) in [4.78, 5) is 2.18. The van der Waals surface area contributed by atoms with E-state index in [-0.39, 0.29) is 0 Å². The van der Waals surface area contributed by atoms with Crippen LogP contribution in [0.3, 0.4) is 0 Å². The van der Waals surface area contributed by atoms with Crippen molar-refractivity contribution in [1.29, 1.82) is 5.26 Å². The van der Waals surface area contributed by atoms with Gasteiger partial charge in [0.1, 0.15) is 0 Å². The van der Waals surface area contributed by atoms with Crippen LogP contribution in [0.5, 0.6) is 0 Å². The van der Waals surface area contributed by atoms with Gasteiger partial charge in [-0.3, -0.25) is 0 Å². The number of nitriles is 1. The molecule has 0 aliphatic carbocycles. The largest absolute Gasteiger partial charge is 0.634 e. The number of rotatable bonds is 4. The maximum Gasteiger partial charge on any atom is 0.0991 e. The Hall–Kier alpha value is -2.81. The van der Waals surface area contributed by atoms with Crippen molar-refractivity contribution in [2.75, 3.05) is 32.0 Å². The maximum atomic E-state index is 11.5. The van der Waals surface area contributed by atoms with Crippen molar-refractivity contribution in [3.05, 3.63) is 64.5 Å². The number of fused-ring (bicyclic) bond motifs is 1. The Morgan fingerprint density at radius 2 is 2.04 bits per heavy atom. The van der Waals surface area contributed by atoms with Gasteiger partial charge in [-0.25, -0.2) is 0 Å². The smallest absolute Gasteiger partial charge is 0.0991 e. The van der Waals surface area contributed by atoms with Crippen molar-refractivity contribution in [1.82, 2.24) is 4.90 Å². The highest BCUT2D eigenvalue weighted by Gasteiger charge is 2.20. The molecule has 28 heavy (non-hydrogen) atoms. The Morgan fingerprint density at radius 1 is 1.21 bits per heavy atom. The number of nitrogens with one attached hydrogen (secondary N) is 2. The lowest BCUT2D eigenvalue weighted by Crippen LogP contribution is -3.08. The third kappa shape index (κ3) is 4.04. The summed E-state index contributed by atoms with van der Waals surface area (Å²) in [5.41, 5.74) is 6.53. The Bertz CT molecular complexity index is 923. The second kappa shape index (κ2) is 8.05. The molecule has 4 rings (SSSR count). The lowest BCUT2D eigenvalue weighted by molar-refractivity contribution is -0.854. The molecule has 0 spiro atoms.